The summed E-state index contributed by atoms with van der Waals surface area (Å²) in [5.41, 5.74) is 10.6. The molecule has 11 rings (SSSR count). The Kier molecular flexibility index (Phi) is 7.38. The first-order valence-corrected chi connectivity index (χ1v) is 18.7. The van der Waals surface area contributed by atoms with E-state index in [1.165, 1.54) is 38.2 Å². The summed E-state index contributed by atoms with van der Waals surface area (Å²) in [6.45, 7) is 0. The molecule has 0 radical (unpaired) electrons. The van der Waals surface area contributed by atoms with Gasteiger partial charge in [-0.15, -0.1) is 0 Å². The molecule has 6 heteroatoms. The van der Waals surface area contributed by atoms with Crippen molar-refractivity contribution in [1.82, 2.24) is 29.1 Å². The van der Waals surface area contributed by atoms with E-state index < -0.39 is 0 Å². The van der Waals surface area contributed by atoms with E-state index in [2.05, 4.69) is 137 Å². The number of para-hydroxylation sites is 2. The monoisotopic (exact) mass is 716 g/mol. The summed E-state index contributed by atoms with van der Waals surface area (Å²) in [4.78, 5) is 19.9. The van der Waals surface area contributed by atoms with E-state index in [1.54, 1.807) is 0 Å². The fraction of sp³-hybridized carbons (Fsp3) is 0. The molecule has 0 aliphatic rings. The zero-order valence-corrected chi connectivity index (χ0v) is 30.2. The maximum atomic E-state index is 5.11. The van der Waals surface area contributed by atoms with Gasteiger partial charge >= 0.3 is 0 Å². The number of fused-ring (bicyclic) bond motifs is 6. The molecule has 6 nitrogen and oxygen atoms in total. The summed E-state index contributed by atoms with van der Waals surface area (Å²) in [6, 6.07) is 65.6. The van der Waals surface area contributed by atoms with Gasteiger partial charge in [0.25, 0.3) is 0 Å². The molecule has 0 unspecified atom stereocenters. The molecule has 262 valence electrons. The Morgan fingerprint density at radius 2 is 0.804 bits per heavy atom. The Balaban J connectivity index is 1.09. The second-order valence-electron chi connectivity index (χ2n) is 14.0. The highest BCUT2D eigenvalue weighted by Crippen LogP contribution is 2.40. The van der Waals surface area contributed by atoms with Crippen molar-refractivity contribution >= 4 is 43.6 Å². The lowest BCUT2D eigenvalue weighted by Gasteiger charge is -2.12. The maximum absolute atomic E-state index is 5.11. The summed E-state index contributed by atoms with van der Waals surface area (Å²) in [5, 5.41) is 4.78. The van der Waals surface area contributed by atoms with Crippen molar-refractivity contribution < 1.29 is 0 Å². The lowest BCUT2D eigenvalue weighted by Crippen LogP contribution is -2.01. The molecule has 11 aromatic rings. The van der Waals surface area contributed by atoms with Crippen LogP contribution >= 0.6 is 0 Å². The molecule has 0 spiro atoms. The van der Waals surface area contributed by atoms with Gasteiger partial charge in [0.15, 0.2) is 17.5 Å². The fourth-order valence-corrected chi connectivity index (χ4v) is 8.00. The van der Waals surface area contributed by atoms with Gasteiger partial charge in [0, 0.05) is 50.1 Å². The van der Waals surface area contributed by atoms with Gasteiger partial charge in [-0.3, -0.25) is 4.57 Å². The molecule has 0 fully saturated rings. The smallest absolute Gasteiger partial charge is 0.165 e. The van der Waals surface area contributed by atoms with Crippen molar-refractivity contribution in [2.45, 2.75) is 0 Å². The highest BCUT2D eigenvalue weighted by Gasteiger charge is 2.20. The van der Waals surface area contributed by atoms with Crippen molar-refractivity contribution in [2.24, 2.45) is 0 Å². The van der Waals surface area contributed by atoms with Gasteiger partial charge in [-0.05, 0) is 59.7 Å². The highest BCUT2D eigenvalue weighted by molar-refractivity contribution is 6.19. The molecule has 4 heterocycles. The van der Waals surface area contributed by atoms with Crippen molar-refractivity contribution in [3.63, 3.8) is 0 Å². The molecule has 0 N–H and O–H groups in total. The van der Waals surface area contributed by atoms with E-state index in [0.29, 0.717) is 17.5 Å². The molecular formula is C50H32N6. The molecule has 0 bridgehead atoms. The third-order valence-corrected chi connectivity index (χ3v) is 10.6. The summed E-state index contributed by atoms with van der Waals surface area (Å²) in [7, 11) is 0. The summed E-state index contributed by atoms with van der Waals surface area (Å²) >= 11 is 0. The van der Waals surface area contributed by atoms with Gasteiger partial charge in [-0.1, -0.05) is 140 Å². The number of pyridine rings is 1. The van der Waals surface area contributed by atoms with Crippen LogP contribution in [-0.2, 0) is 0 Å². The molecule has 0 aliphatic heterocycles. The van der Waals surface area contributed by atoms with Gasteiger partial charge < -0.3 is 4.57 Å². The van der Waals surface area contributed by atoms with Crippen LogP contribution in [-0.4, -0.2) is 29.1 Å². The van der Waals surface area contributed by atoms with Gasteiger partial charge in [-0.2, -0.15) is 0 Å². The van der Waals surface area contributed by atoms with Crippen LogP contribution in [0.5, 0.6) is 0 Å². The van der Waals surface area contributed by atoms with Gasteiger partial charge in [0.1, 0.15) is 5.82 Å². The van der Waals surface area contributed by atoms with Crippen LogP contribution in [0.15, 0.2) is 194 Å². The maximum Gasteiger partial charge on any atom is 0.165 e. The normalized spacial score (nSPS) is 11.6. The number of aromatic nitrogens is 6. The molecule has 0 atom stereocenters. The van der Waals surface area contributed by atoms with Crippen LogP contribution in [0, 0.1) is 0 Å². The number of hydrogen-bond acceptors (Lipinski definition) is 4. The molecule has 7 aromatic carbocycles. The zero-order valence-electron chi connectivity index (χ0n) is 30.2. The third-order valence-electron chi connectivity index (χ3n) is 10.6. The molecule has 0 saturated carbocycles. The molecular weight excluding hydrogens is 685 g/mol. The van der Waals surface area contributed by atoms with Crippen molar-refractivity contribution in [3.8, 4) is 56.8 Å². The Hall–Kier alpha value is -7.70. The zero-order chi connectivity index (χ0) is 37.0. The molecule has 4 aromatic heterocycles. The highest BCUT2D eigenvalue weighted by atomic mass is 15.1. The fourth-order valence-electron chi connectivity index (χ4n) is 8.00. The van der Waals surface area contributed by atoms with E-state index in [0.717, 1.165) is 44.7 Å². The van der Waals surface area contributed by atoms with E-state index in [4.69, 9.17) is 19.9 Å². The minimum Gasteiger partial charge on any atom is -0.309 e. The number of rotatable bonds is 6. The van der Waals surface area contributed by atoms with Gasteiger partial charge in [0.05, 0.1) is 22.1 Å². The van der Waals surface area contributed by atoms with Crippen LogP contribution in [0.2, 0.25) is 0 Å². The Labute approximate surface area is 322 Å². The van der Waals surface area contributed by atoms with Crippen molar-refractivity contribution in [2.75, 3.05) is 0 Å². The molecule has 0 aliphatic carbocycles. The molecule has 0 saturated heterocycles. The summed E-state index contributed by atoms with van der Waals surface area (Å²) in [5.74, 6) is 2.63. The topological polar surface area (TPSA) is 61.4 Å². The van der Waals surface area contributed by atoms with Crippen LogP contribution in [0.1, 0.15) is 0 Å². The van der Waals surface area contributed by atoms with Crippen molar-refractivity contribution in [1.29, 1.82) is 0 Å². The molecule has 0 amide bonds. The van der Waals surface area contributed by atoms with E-state index in [-0.39, 0.29) is 0 Å². The lowest BCUT2D eigenvalue weighted by atomic mass is 10.1. The SMILES string of the molecule is c1ccc(-c2cccc(-n3c4ccccc4c4cc5c6ccccc6n(-c6ccc(-c7nc(-c8ccccc8)nc(-c8ccccc8)n7)cn6)c5cc43)c2)cc1. The number of benzene rings is 7. The first-order chi connectivity index (χ1) is 27.8. The number of hydrogen-bond donors (Lipinski definition) is 0. The lowest BCUT2D eigenvalue weighted by molar-refractivity contribution is 1.05. The van der Waals surface area contributed by atoms with Crippen LogP contribution < -0.4 is 0 Å². The first kappa shape index (κ1) is 31.8. The standard InChI is InChI=1S/C50H32N6/c1-4-15-33(16-5-1)36-21-14-22-38(29-36)55-43-25-12-10-23-39(43)41-30-42-40-24-11-13-26-44(40)56(46(42)31-45(41)55)47-28-27-37(32-51-47)50-53-48(34-17-6-2-7-18-34)52-49(54-50)35-19-8-3-9-20-35/h1-32H. The predicted octanol–water partition coefficient (Wildman–Crippen LogP) is 12.1. The third kappa shape index (κ3) is 5.27. The summed E-state index contributed by atoms with van der Waals surface area (Å²) in [6.07, 6.45) is 1.87. The first-order valence-electron chi connectivity index (χ1n) is 18.7. The largest absolute Gasteiger partial charge is 0.309 e. The van der Waals surface area contributed by atoms with Gasteiger partial charge in [-0.25, -0.2) is 19.9 Å². The van der Waals surface area contributed by atoms with E-state index >= 15 is 0 Å². The number of nitrogens with zero attached hydrogens (tertiary/aromatic N) is 6. The molecule has 56 heavy (non-hydrogen) atoms. The van der Waals surface area contributed by atoms with Gasteiger partial charge in [0.2, 0.25) is 0 Å². The van der Waals surface area contributed by atoms with E-state index in [1.807, 2.05) is 66.9 Å². The van der Waals surface area contributed by atoms with E-state index in [9.17, 15) is 0 Å². The Morgan fingerprint density at radius 1 is 0.304 bits per heavy atom. The Bertz CT molecular complexity index is 3160. The van der Waals surface area contributed by atoms with Crippen LogP contribution in [0.4, 0.5) is 0 Å². The minimum absolute atomic E-state index is 0.572. The quantitative estimate of drug-likeness (QED) is 0.172. The Morgan fingerprint density at radius 3 is 1.39 bits per heavy atom. The van der Waals surface area contributed by atoms with Crippen LogP contribution in [0.25, 0.3) is 100 Å². The van der Waals surface area contributed by atoms with Crippen molar-refractivity contribution in [3.05, 3.63) is 194 Å². The predicted molar refractivity (Wildman–Crippen MR) is 228 cm³/mol. The van der Waals surface area contributed by atoms with Crippen LogP contribution in [0.3, 0.4) is 0 Å². The second-order valence-corrected chi connectivity index (χ2v) is 14.0. The average molecular weight is 717 g/mol. The second kappa shape index (κ2) is 13.0. The minimum atomic E-state index is 0.572. The average Bonchev–Trinajstić information content (AvgIpc) is 3.78. The summed E-state index contributed by atoms with van der Waals surface area (Å²) < 4.78 is 4.67.